The van der Waals surface area contributed by atoms with Gasteiger partial charge in [-0.15, -0.1) is 0 Å². The molecule has 1 aliphatic rings. The Bertz CT molecular complexity index is 278. The summed E-state index contributed by atoms with van der Waals surface area (Å²) in [5.74, 6) is 1.18. The van der Waals surface area contributed by atoms with Crippen LogP contribution in [0.5, 0.6) is 0 Å². The summed E-state index contributed by atoms with van der Waals surface area (Å²) in [6.45, 7) is 3.89. The van der Waals surface area contributed by atoms with Crippen molar-refractivity contribution in [1.29, 1.82) is 0 Å². The maximum Gasteiger partial charge on any atom is 0.200 e. The van der Waals surface area contributed by atoms with Gasteiger partial charge in [-0.2, -0.15) is 0 Å². The van der Waals surface area contributed by atoms with Crippen LogP contribution in [0.4, 0.5) is 5.95 Å². The standard InChI is InChI=1S/C9H15N3O/c1-7(8-2-5-13-6-8)12-4-3-11-9(12)10/h3-4,7-8H,2,5-6H2,1H3,(H2,10,11). The minimum absolute atomic E-state index is 0.394. The lowest BCUT2D eigenvalue weighted by atomic mass is 10.0. The Morgan fingerprint density at radius 1 is 1.77 bits per heavy atom. The van der Waals surface area contributed by atoms with Crippen molar-refractivity contribution in [3.05, 3.63) is 12.4 Å². The van der Waals surface area contributed by atoms with E-state index in [0.717, 1.165) is 19.6 Å². The first-order valence-electron chi connectivity index (χ1n) is 4.65. The molecule has 2 rings (SSSR count). The zero-order chi connectivity index (χ0) is 9.26. The molecule has 2 heterocycles. The van der Waals surface area contributed by atoms with E-state index in [2.05, 4.69) is 11.9 Å². The highest BCUT2D eigenvalue weighted by atomic mass is 16.5. The molecule has 0 radical (unpaired) electrons. The molecule has 1 saturated heterocycles. The second kappa shape index (κ2) is 3.38. The van der Waals surface area contributed by atoms with E-state index in [0.29, 0.717) is 17.9 Å². The van der Waals surface area contributed by atoms with Gasteiger partial charge in [-0.3, -0.25) is 0 Å². The largest absolute Gasteiger partial charge is 0.381 e. The number of nitrogen functional groups attached to an aromatic ring is 1. The maximum absolute atomic E-state index is 5.72. The van der Waals surface area contributed by atoms with Gasteiger partial charge in [0.05, 0.1) is 6.61 Å². The van der Waals surface area contributed by atoms with E-state index in [-0.39, 0.29) is 0 Å². The molecule has 0 amide bonds. The van der Waals surface area contributed by atoms with Gasteiger partial charge in [0.25, 0.3) is 0 Å². The van der Waals surface area contributed by atoms with Crippen LogP contribution in [-0.4, -0.2) is 22.8 Å². The normalized spacial score (nSPS) is 24.8. The van der Waals surface area contributed by atoms with E-state index in [4.69, 9.17) is 10.5 Å². The number of nitrogens with two attached hydrogens (primary N) is 1. The number of hydrogen-bond acceptors (Lipinski definition) is 3. The smallest absolute Gasteiger partial charge is 0.200 e. The Morgan fingerprint density at radius 3 is 3.15 bits per heavy atom. The topological polar surface area (TPSA) is 53.1 Å². The molecule has 0 saturated carbocycles. The molecule has 72 valence electrons. The predicted molar refractivity (Wildman–Crippen MR) is 50.3 cm³/mol. The zero-order valence-corrected chi connectivity index (χ0v) is 7.81. The third-order valence-electron chi connectivity index (χ3n) is 2.78. The minimum atomic E-state index is 0.394. The number of hydrogen-bond donors (Lipinski definition) is 1. The van der Waals surface area contributed by atoms with E-state index in [9.17, 15) is 0 Å². The Morgan fingerprint density at radius 2 is 2.62 bits per heavy atom. The monoisotopic (exact) mass is 181 g/mol. The molecule has 0 aromatic carbocycles. The maximum atomic E-state index is 5.72. The Labute approximate surface area is 77.7 Å². The zero-order valence-electron chi connectivity index (χ0n) is 7.81. The summed E-state index contributed by atoms with van der Waals surface area (Å²) in [4.78, 5) is 4.01. The van der Waals surface area contributed by atoms with Crippen molar-refractivity contribution in [2.45, 2.75) is 19.4 Å². The fourth-order valence-electron chi connectivity index (χ4n) is 1.83. The SMILES string of the molecule is CC(C1CCOC1)n1ccnc1N. The van der Waals surface area contributed by atoms with E-state index < -0.39 is 0 Å². The van der Waals surface area contributed by atoms with Gasteiger partial charge in [0, 0.05) is 31.0 Å². The fraction of sp³-hybridized carbons (Fsp3) is 0.667. The number of rotatable bonds is 2. The first-order chi connectivity index (χ1) is 6.29. The van der Waals surface area contributed by atoms with Gasteiger partial charge in [-0.05, 0) is 13.3 Å². The van der Waals surface area contributed by atoms with Gasteiger partial charge in [0.1, 0.15) is 0 Å². The Hall–Kier alpha value is -1.03. The Kier molecular flexibility index (Phi) is 2.22. The molecule has 4 heteroatoms. The lowest BCUT2D eigenvalue weighted by Crippen LogP contribution is -2.17. The molecule has 1 fully saturated rings. The lowest BCUT2D eigenvalue weighted by molar-refractivity contribution is 0.175. The molecule has 2 N–H and O–H groups in total. The molecule has 0 bridgehead atoms. The molecule has 2 atom stereocenters. The summed E-state index contributed by atoms with van der Waals surface area (Å²) in [7, 11) is 0. The summed E-state index contributed by atoms with van der Waals surface area (Å²) in [5.41, 5.74) is 5.72. The average molecular weight is 181 g/mol. The van der Waals surface area contributed by atoms with Crippen LogP contribution >= 0.6 is 0 Å². The minimum Gasteiger partial charge on any atom is -0.381 e. The molecule has 4 nitrogen and oxygen atoms in total. The van der Waals surface area contributed by atoms with Crippen LogP contribution in [0.15, 0.2) is 12.4 Å². The van der Waals surface area contributed by atoms with E-state index in [1.807, 2.05) is 10.8 Å². The van der Waals surface area contributed by atoms with Gasteiger partial charge in [0.2, 0.25) is 0 Å². The van der Waals surface area contributed by atoms with Crippen LogP contribution in [0.2, 0.25) is 0 Å². The van der Waals surface area contributed by atoms with E-state index >= 15 is 0 Å². The van der Waals surface area contributed by atoms with Crippen molar-refractivity contribution in [2.24, 2.45) is 5.92 Å². The van der Waals surface area contributed by atoms with Crippen LogP contribution in [-0.2, 0) is 4.74 Å². The molecule has 13 heavy (non-hydrogen) atoms. The van der Waals surface area contributed by atoms with Crippen molar-refractivity contribution in [3.8, 4) is 0 Å². The molecule has 2 unspecified atom stereocenters. The number of anilines is 1. The summed E-state index contributed by atoms with van der Waals surface area (Å²) in [6.07, 6.45) is 4.79. The highest BCUT2D eigenvalue weighted by Gasteiger charge is 2.24. The van der Waals surface area contributed by atoms with Crippen LogP contribution in [0.1, 0.15) is 19.4 Å². The van der Waals surface area contributed by atoms with Gasteiger partial charge in [0.15, 0.2) is 5.95 Å². The summed E-state index contributed by atoms with van der Waals surface area (Å²) < 4.78 is 7.35. The van der Waals surface area contributed by atoms with Crippen LogP contribution in [0.3, 0.4) is 0 Å². The van der Waals surface area contributed by atoms with Crippen molar-refractivity contribution in [3.63, 3.8) is 0 Å². The van der Waals surface area contributed by atoms with Crippen molar-refractivity contribution in [1.82, 2.24) is 9.55 Å². The van der Waals surface area contributed by atoms with Crippen molar-refractivity contribution in [2.75, 3.05) is 18.9 Å². The molecule has 0 aliphatic carbocycles. The number of aromatic nitrogens is 2. The molecule has 1 aliphatic heterocycles. The number of nitrogens with zero attached hydrogens (tertiary/aromatic N) is 2. The van der Waals surface area contributed by atoms with Gasteiger partial charge in [-0.25, -0.2) is 4.98 Å². The molecule has 1 aromatic heterocycles. The highest BCUT2D eigenvalue weighted by Crippen LogP contribution is 2.27. The van der Waals surface area contributed by atoms with Crippen molar-refractivity contribution < 1.29 is 4.74 Å². The van der Waals surface area contributed by atoms with Crippen LogP contribution < -0.4 is 5.73 Å². The first-order valence-corrected chi connectivity index (χ1v) is 4.65. The number of imidazole rings is 1. The van der Waals surface area contributed by atoms with Crippen molar-refractivity contribution >= 4 is 5.95 Å². The summed E-state index contributed by atoms with van der Waals surface area (Å²) >= 11 is 0. The van der Waals surface area contributed by atoms with E-state index in [1.165, 1.54) is 0 Å². The third-order valence-corrected chi connectivity index (χ3v) is 2.78. The quantitative estimate of drug-likeness (QED) is 0.742. The summed E-state index contributed by atoms with van der Waals surface area (Å²) in [5, 5.41) is 0. The number of ether oxygens (including phenoxy) is 1. The second-order valence-electron chi connectivity index (χ2n) is 3.56. The third kappa shape index (κ3) is 1.54. The van der Waals surface area contributed by atoms with Gasteiger partial charge < -0.3 is 15.0 Å². The molecular formula is C9H15N3O. The predicted octanol–water partition coefficient (Wildman–Crippen LogP) is 1.06. The lowest BCUT2D eigenvalue weighted by Gasteiger charge is -2.19. The molecule has 1 aromatic rings. The Balaban J connectivity index is 2.12. The molecule has 0 spiro atoms. The fourth-order valence-corrected chi connectivity index (χ4v) is 1.83. The van der Waals surface area contributed by atoms with Crippen LogP contribution in [0, 0.1) is 5.92 Å². The van der Waals surface area contributed by atoms with Gasteiger partial charge >= 0.3 is 0 Å². The van der Waals surface area contributed by atoms with Crippen LogP contribution in [0.25, 0.3) is 0 Å². The summed E-state index contributed by atoms with van der Waals surface area (Å²) in [6, 6.07) is 0.394. The first kappa shape index (κ1) is 8.56. The average Bonchev–Trinajstić information content (AvgIpc) is 2.72. The molecular weight excluding hydrogens is 166 g/mol. The highest BCUT2D eigenvalue weighted by molar-refractivity contribution is 5.18. The van der Waals surface area contributed by atoms with E-state index in [1.54, 1.807) is 6.20 Å². The van der Waals surface area contributed by atoms with Gasteiger partial charge in [-0.1, -0.05) is 0 Å². The second-order valence-corrected chi connectivity index (χ2v) is 3.56.